The Labute approximate surface area is 82.5 Å². The van der Waals surface area contributed by atoms with Crippen molar-refractivity contribution < 1.29 is 9.47 Å². The summed E-state index contributed by atoms with van der Waals surface area (Å²) in [6.45, 7) is 1.26. The molecule has 1 aliphatic heterocycles. The molecule has 0 spiro atoms. The molecule has 2 heterocycles. The molecule has 0 unspecified atom stereocenters. The molecule has 1 fully saturated rings. The van der Waals surface area contributed by atoms with Crippen molar-refractivity contribution in [2.24, 2.45) is 0 Å². The van der Waals surface area contributed by atoms with Gasteiger partial charge < -0.3 is 14.8 Å². The van der Waals surface area contributed by atoms with Crippen LogP contribution in [0.2, 0.25) is 0 Å². The zero-order chi connectivity index (χ0) is 9.80. The third-order valence-corrected chi connectivity index (χ3v) is 2.21. The van der Waals surface area contributed by atoms with E-state index in [2.05, 4.69) is 15.3 Å². The Morgan fingerprint density at radius 3 is 2.93 bits per heavy atom. The largest absolute Gasteiger partial charge is 0.377 e. The summed E-state index contributed by atoms with van der Waals surface area (Å²) in [6.07, 6.45) is 3.48. The highest BCUT2D eigenvalue weighted by Crippen LogP contribution is 2.12. The minimum Gasteiger partial charge on any atom is -0.377 e. The van der Waals surface area contributed by atoms with Crippen molar-refractivity contribution in [1.82, 2.24) is 9.97 Å². The third-order valence-electron chi connectivity index (χ3n) is 2.21. The lowest BCUT2D eigenvalue weighted by Gasteiger charge is -2.16. The second kappa shape index (κ2) is 4.34. The average Bonchev–Trinajstić information content (AvgIpc) is 2.67. The van der Waals surface area contributed by atoms with Crippen molar-refractivity contribution in [3.8, 4) is 0 Å². The Morgan fingerprint density at radius 2 is 2.21 bits per heavy atom. The van der Waals surface area contributed by atoms with E-state index < -0.39 is 0 Å². The van der Waals surface area contributed by atoms with E-state index in [0.29, 0.717) is 19.2 Å². The minimum atomic E-state index is 0.0822. The van der Waals surface area contributed by atoms with Crippen LogP contribution in [0.1, 0.15) is 0 Å². The van der Waals surface area contributed by atoms with Crippen LogP contribution in [-0.4, -0.2) is 42.4 Å². The summed E-state index contributed by atoms with van der Waals surface area (Å²) in [5.74, 6) is 0.616. The Bertz CT molecular complexity index is 281. The van der Waals surface area contributed by atoms with Gasteiger partial charge in [-0.3, -0.25) is 0 Å². The predicted molar refractivity (Wildman–Crippen MR) is 51.1 cm³/mol. The predicted octanol–water partition coefficient (Wildman–Crippen LogP) is 0.302. The summed E-state index contributed by atoms with van der Waals surface area (Å²) in [5.41, 5.74) is 0. The number of nitrogens with zero attached hydrogens (tertiary/aromatic N) is 2. The number of aromatic nitrogens is 2. The summed E-state index contributed by atoms with van der Waals surface area (Å²) in [6, 6.07) is 1.92. The molecule has 0 aliphatic carbocycles. The van der Waals surface area contributed by atoms with Crippen molar-refractivity contribution in [3.63, 3.8) is 0 Å². The van der Waals surface area contributed by atoms with Gasteiger partial charge in [0.2, 0.25) is 5.95 Å². The first-order valence-corrected chi connectivity index (χ1v) is 4.54. The molecule has 1 aromatic rings. The summed E-state index contributed by atoms with van der Waals surface area (Å²) in [5, 5.41) is 3.17. The lowest BCUT2D eigenvalue weighted by atomic mass is 10.2. The van der Waals surface area contributed by atoms with Gasteiger partial charge in [0.25, 0.3) is 0 Å². The molecule has 1 aromatic heterocycles. The van der Waals surface area contributed by atoms with Crippen LogP contribution in [0.4, 0.5) is 5.95 Å². The molecule has 76 valence electrons. The van der Waals surface area contributed by atoms with Crippen molar-refractivity contribution in [2.45, 2.75) is 12.1 Å². The van der Waals surface area contributed by atoms with Crippen LogP contribution >= 0.6 is 0 Å². The molecule has 2 atom stereocenters. The number of hydrogen-bond donors (Lipinski definition) is 1. The van der Waals surface area contributed by atoms with E-state index in [0.717, 1.165) is 0 Å². The first-order valence-electron chi connectivity index (χ1n) is 4.54. The smallest absolute Gasteiger partial charge is 0.222 e. The number of nitrogens with one attached hydrogen (secondary N) is 1. The van der Waals surface area contributed by atoms with E-state index in [1.807, 2.05) is 0 Å². The van der Waals surface area contributed by atoms with E-state index in [9.17, 15) is 0 Å². The number of methoxy groups -OCH3 is 1. The first kappa shape index (κ1) is 9.36. The SMILES string of the molecule is CO[C@H]1COC[C@@H]1Nc1ncccn1. The molecule has 2 rings (SSSR count). The molecular weight excluding hydrogens is 182 g/mol. The number of ether oxygens (including phenoxy) is 2. The molecule has 0 amide bonds. The fourth-order valence-corrected chi connectivity index (χ4v) is 1.44. The van der Waals surface area contributed by atoms with E-state index in [-0.39, 0.29) is 12.1 Å². The average molecular weight is 195 g/mol. The monoisotopic (exact) mass is 195 g/mol. The standard InChI is InChI=1S/C9H13N3O2/c1-13-8-6-14-5-7(8)12-9-10-3-2-4-11-9/h2-4,7-8H,5-6H2,1H3,(H,10,11,12)/t7-,8-/m0/s1. The highest BCUT2D eigenvalue weighted by Gasteiger charge is 2.28. The molecule has 14 heavy (non-hydrogen) atoms. The van der Waals surface area contributed by atoms with E-state index in [1.54, 1.807) is 25.6 Å². The first-order chi connectivity index (χ1) is 6.90. The maximum absolute atomic E-state index is 5.29. The van der Waals surface area contributed by atoms with E-state index in [4.69, 9.17) is 9.47 Å². The summed E-state index contributed by atoms with van der Waals surface area (Å²) in [7, 11) is 1.68. The molecular formula is C9H13N3O2. The van der Waals surface area contributed by atoms with Gasteiger partial charge in [0.15, 0.2) is 0 Å². The van der Waals surface area contributed by atoms with Crippen molar-refractivity contribution in [1.29, 1.82) is 0 Å². The van der Waals surface area contributed by atoms with Crippen LogP contribution in [0.5, 0.6) is 0 Å². The van der Waals surface area contributed by atoms with Crippen LogP contribution < -0.4 is 5.32 Å². The molecule has 0 saturated carbocycles. The van der Waals surface area contributed by atoms with Crippen LogP contribution in [0.25, 0.3) is 0 Å². The lowest BCUT2D eigenvalue weighted by molar-refractivity contribution is 0.0794. The number of hydrogen-bond acceptors (Lipinski definition) is 5. The molecule has 5 nitrogen and oxygen atoms in total. The maximum Gasteiger partial charge on any atom is 0.222 e. The highest BCUT2D eigenvalue weighted by atomic mass is 16.5. The van der Waals surface area contributed by atoms with Gasteiger partial charge in [0, 0.05) is 19.5 Å². The van der Waals surface area contributed by atoms with Gasteiger partial charge in [-0.1, -0.05) is 0 Å². The van der Waals surface area contributed by atoms with Gasteiger partial charge in [-0.2, -0.15) is 0 Å². The van der Waals surface area contributed by atoms with Gasteiger partial charge in [0.05, 0.1) is 19.3 Å². The molecule has 0 bridgehead atoms. The fraction of sp³-hybridized carbons (Fsp3) is 0.556. The van der Waals surface area contributed by atoms with Gasteiger partial charge in [-0.05, 0) is 6.07 Å². The van der Waals surface area contributed by atoms with Crippen molar-refractivity contribution >= 4 is 5.95 Å². The van der Waals surface area contributed by atoms with E-state index >= 15 is 0 Å². The summed E-state index contributed by atoms with van der Waals surface area (Å²) < 4.78 is 10.5. The Kier molecular flexibility index (Phi) is 2.90. The lowest BCUT2D eigenvalue weighted by Crippen LogP contribution is -2.34. The van der Waals surface area contributed by atoms with Crippen molar-refractivity contribution in [2.75, 3.05) is 25.6 Å². The molecule has 5 heteroatoms. The van der Waals surface area contributed by atoms with Crippen LogP contribution in [0, 0.1) is 0 Å². The van der Waals surface area contributed by atoms with E-state index in [1.165, 1.54) is 0 Å². The molecule has 0 radical (unpaired) electrons. The number of anilines is 1. The number of rotatable bonds is 3. The fourth-order valence-electron chi connectivity index (χ4n) is 1.44. The second-order valence-corrected chi connectivity index (χ2v) is 3.13. The summed E-state index contributed by atoms with van der Waals surface area (Å²) >= 11 is 0. The van der Waals surface area contributed by atoms with Gasteiger partial charge in [-0.15, -0.1) is 0 Å². The molecule has 1 N–H and O–H groups in total. The zero-order valence-corrected chi connectivity index (χ0v) is 8.01. The minimum absolute atomic E-state index is 0.0822. The molecule has 0 aromatic carbocycles. The van der Waals surface area contributed by atoms with Crippen molar-refractivity contribution in [3.05, 3.63) is 18.5 Å². The third kappa shape index (κ3) is 2.00. The zero-order valence-electron chi connectivity index (χ0n) is 8.01. The Morgan fingerprint density at radius 1 is 1.43 bits per heavy atom. The topological polar surface area (TPSA) is 56.3 Å². The van der Waals surface area contributed by atoms with Gasteiger partial charge in [-0.25, -0.2) is 9.97 Å². The van der Waals surface area contributed by atoms with Crippen LogP contribution in [0.3, 0.4) is 0 Å². The van der Waals surface area contributed by atoms with Crippen LogP contribution in [-0.2, 0) is 9.47 Å². The Balaban J connectivity index is 1.97. The summed E-state index contributed by atoms with van der Waals surface area (Å²) in [4.78, 5) is 8.16. The molecule has 1 aliphatic rings. The maximum atomic E-state index is 5.29. The van der Waals surface area contributed by atoms with Gasteiger partial charge >= 0.3 is 0 Å². The van der Waals surface area contributed by atoms with Crippen LogP contribution in [0.15, 0.2) is 18.5 Å². The Hall–Kier alpha value is -1.20. The molecule has 1 saturated heterocycles. The quantitative estimate of drug-likeness (QED) is 0.751. The normalized spacial score (nSPS) is 26.4. The highest BCUT2D eigenvalue weighted by molar-refractivity contribution is 5.25. The second-order valence-electron chi connectivity index (χ2n) is 3.13. The van der Waals surface area contributed by atoms with Gasteiger partial charge in [0.1, 0.15) is 6.10 Å².